The van der Waals surface area contributed by atoms with Crippen molar-refractivity contribution in [3.63, 3.8) is 0 Å². The van der Waals surface area contributed by atoms with Crippen molar-refractivity contribution in [2.45, 2.75) is 6.18 Å². The van der Waals surface area contributed by atoms with Crippen LogP contribution in [0.4, 0.5) is 13.2 Å². The predicted octanol–water partition coefficient (Wildman–Crippen LogP) is 3.93. The summed E-state index contributed by atoms with van der Waals surface area (Å²) in [6, 6.07) is 9.31. The summed E-state index contributed by atoms with van der Waals surface area (Å²) in [5.74, 6) is 0.356. The van der Waals surface area contributed by atoms with E-state index in [1.165, 1.54) is 6.07 Å². The van der Waals surface area contributed by atoms with Crippen molar-refractivity contribution in [2.75, 3.05) is 0 Å². The van der Waals surface area contributed by atoms with Crippen LogP contribution >= 0.6 is 0 Å². The van der Waals surface area contributed by atoms with E-state index in [0.29, 0.717) is 22.3 Å². The molecule has 2 aromatic carbocycles. The van der Waals surface area contributed by atoms with Gasteiger partial charge in [0, 0.05) is 10.9 Å². The summed E-state index contributed by atoms with van der Waals surface area (Å²) >= 11 is 0. The minimum Gasteiger partial charge on any atom is -0.338 e. The maximum absolute atomic E-state index is 13.1. The zero-order valence-corrected chi connectivity index (χ0v) is 11.0. The smallest absolute Gasteiger partial charge is 0.338 e. The molecule has 0 aliphatic carbocycles. The lowest BCUT2D eigenvalue weighted by atomic mass is 10.1. The topological polar surface area (TPSA) is 57.4 Å². The number of aromatic nitrogens is 4. The van der Waals surface area contributed by atoms with E-state index in [-0.39, 0.29) is 5.52 Å². The number of fused-ring (bicyclic) bond motifs is 2. The number of H-pyrrole nitrogens is 2. The first-order chi connectivity index (χ1) is 10.5. The fraction of sp³-hybridized carbons (Fsp3) is 0.0667. The molecule has 0 aliphatic rings. The maximum atomic E-state index is 13.1. The normalized spacial score (nSPS) is 12.3. The second kappa shape index (κ2) is 4.33. The monoisotopic (exact) mass is 301 g/mol. The van der Waals surface area contributed by atoms with Gasteiger partial charge in [-0.2, -0.15) is 18.3 Å². The lowest BCUT2D eigenvalue weighted by molar-refractivity contribution is -0.136. The molecule has 0 unspecified atom stereocenters. The third kappa shape index (κ3) is 1.86. The molecule has 4 nitrogen and oxygen atoms in total. The third-order valence-corrected chi connectivity index (χ3v) is 3.48. The van der Waals surface area contributed by atoms with Crippen LogP contribution in [0.5, 0.6) is 0 Å². The summed E-state index contributed by atoms with van der Waals surface area (Å²) in [4.78, 5) is 7.08. The van der Waals surface area contributed by atoms with Gasteiger partial charge in [0.05, 0.1) is 16.6 Å². The zero-order chi connectivity index (χ0) is 15.3. The standard InChI is InChI=1S/C15H8F3N4/c16-15(17,18)10-4-2-6-12-13(10)21-14(20-12)8-3-1-5-11-9(8)7-19-22-11/h1-6H,(H,19,22)(H,20,21). The highest BCUT2D eigenvalue weighted by Gasteiger charge is 2.33. The van der Waals surface area contributed by atoms with Gasteiger partial charge in [-0.3, -0.25) is 5.10 Å². The second-order valence-corrected chi connectivity index (χ2v) is 4.85. The molecule has 2 N–H and O–H groups in total. The zero-order valence-electron chi connectivity index (χ0n) is 11.0. The fourth-order valence-corrected chi connectivity index (χ4v) is 2.50. The van der Waals surface area contributed by atoms with Gasteiger partial charge in [0.2, 0.25) is 0 Å². The predicted molar refractivity (Wildman–Crippen MR) is 75.0 cm³/mol. The number of imidazole rings is 1. The molecule has 4 aromatic rings. The van der Waals surface area contributed by atoms with E-state index in [1.807, 2.05) is 6.07 Å². The van der Waals surface area contributed by atoms with E-state index in [4.69, 9.17) is 0 Å². The van der Waals surface area contributed by atoms with Crippen molar-refractivity contribution in [1.29, 1.82) is 0 Å². The Labute approximate surface area is 122 Å². The molecule has 0 spiro atoms. The molecule has 22 heavy (non-hydrogen) atoms. The molecule has 0 bridgehead atoms. The number of para-hydroxylation sites is 1. The largest absolute Gasteiger partial charge is 0.418 e. The Bertz CT molecular complexity index is 981. The van der Waals surface area contributed by atoms with Crippen LogP contribution < -0.4 is 0 Å². The summed E-state index contributed by atoms with van der Waals surface area (Å²) in [6.07, 6.45) is -1.66. The van der Waals surface area contributed by atoms with Crippen molar-refractivity contribution >= 4 is 21.9 Å². The number of nitrogens with zero attached hydrogens (tertiary/aromatic N) is 2. The molecule has 0 saturated heterocycles. The van der Waals surface area contributed by atoms with E-state index in [1.54, 1.807) is 18.2 Å². The highest BCUT2D eigenvalue weighted by molar-refractivity contribution is 5.94. The average Bonchev–Trinajstić information content (AvgIpc) is 3.11. The van der Waals surface area contributed by atoms with Crippen LogP contribution in [-0.2, 0) is 6.18 Å². The van der Waals surface area contributed by atoms with Crippen LogP contribution in [-0.4, -0.2) is 20.2 Å². The maximum Gasteiger partial charge on any atom is 0.418 e. The summed E-state index contributed by atoms with van der Waals surface area (Å²) < 4.78 is 39.2. The summed E-state index contributed by atoms with van der Waals surface area (Å²) in [6.45, 7) is 0. The van der Waals surface area contributed by atoms with Crippen LogP contribution in [0.15, 0.2) is 36.4 Å². The number of hydrogen-bond acceptors (Lipinski definition) is 2. The van der Waals surface area contributed by atoms with Crippen molar-refractivity contribution in [3.05, 3.63) is 48.2 Å². The van der Waals surface area contributed by atoms with Gasteiger partial charge in [-0.1, -0.05) is 18.2 Å². The van der Waals surface area contributed by atoms with Crippen LogP contribution in [0.3, 0.4) is 0 Å². The van der Waals surface area contributed by atoms with E-state index in [2.05, 4.69) is 26.4 Å². The Balaban J connectivity index is 1.99. The Morgan fingerprint density at radius 3 is 2.59 bits per heavy atom. The van der Waals surface area contributed by atoms with Gasteiger partial charge in [0.1, 0.15) is 17.5 Å². The number of benzene rings is 2. The summed E-state index contributed by atoms with van der Waals surface area (Å²) in [5, 5.41) is 7.27. The Morgan fingerprint density at radius 1 is 1.00 bits per heavy atom. The highest BCUT2D eigenvalue weighted by atomic mass is 19.4. The molecular formula is C15H8F3N4. The molecule has 109 valence electrons. The first kappa shape index (κ1) is 12.9. The first-order valence-electron chi connectivity index (χ1n) is 6.45. The Hall–Kier alpha value is -2.83. The van der Waals surface area contributed by atoms with Gasteiger partial charge in [-0.05, 0) is 18.2 Å². The molecular weight excluding hydrogens is 293 g/mol. The quantitative estimate of drug-likeness (QED) is 0.560. The first-order valence-corrected chi connectivity index (χ1v) is 6.45. The lowest BCUT2D eigenvalue weighted by Crippen LogP contribution is -2.05. The Kier molecular flexibility index (Phi) is 2.53. The minimum absolute atomic E-state index is 0.0921. The van der Waals surface area contributed by atoms with Gasteiger partial charge < -0.3 is 4.98 Å². The van der Waals surface area contributed by atoms with Gasteiger partial charge >= 0.3 is 6.18 Å². The van der Waals surface area contributed by atoms with Crippen molar-refractivity contribution < 1.29 is 13.2 Å². The SMILES string of the molecule is FC(F)(F)c1cccc2[nH]c(-c3cccc4[nH]n[c]c34)nc12. The number of alkyl halides is 3. The number of aromatic amines is 2. The lowest BCUT2D eigenvalue weighted by Gasteiger charge is -2.05. The third-order valence-electron chi connectivity index (χ3n) is 3.48. The van der Waals surface area contributed by atoms with E-state index < -0.39 is 11.7 Å². The molecule has 7 heteroatoms. The van der Waals surface area contributed by atoms with Gasteiger partial charge in [-0.15, -0.1) is 0 Å². The average molecular weight is 301 g/mol. The molecule has 0 aliphatic heterocycles. The number of hydrogen-bond donors (Lipinski definition) is 2. The molecule has 2 heterocycles. The van der Waals surface area contributed by atoms with Crippen LogP contribution in [0, 0.1) is 6.20 Å². The van der Waals surface area contributed by atoms with Crippen molar-refractivity contribution in [3.8, 4) is 11.4 Å². The fourth-order valence-electron chi connectivity index (χ4n) is 2.50. The van der Waals surface area contributed by atoms with Crippen LogP contribution in [0.1, 0.15) is 5.56 Å². The van der Waals surface area contributed by atoms with Crippen molar-refractivity contribution in [1.82, 2.24) is 20.2 Å². The van der Waals surface area contributed by atoms with E-state index >= 15 is 0 Å². The highest BCUT2D eigenvalue weighted by Crippen LogP contribution is 2.35. The van der Waals surface area contributed by atoms with Crippen molar-refractivity contribution in [2.24, 2.45) is 0 Å². The van der Waals surface area contributed by atoms with Gasteiger partial charge in [0.25, 0.3) is 0 Å². The molecule has 0 fully saturated rings. The van der Waals surface area contributed by atoms with Gasteiger partial charge in [-0.25, -0.2) is 4.98 Å². The molecule has 0 amide bonds. The Morgan fingerprint density at radius 2 is 1.77 bits per heavy atom. The molecule has 1 radical (unpaired) electrons. The number of rotatable bonds is 1. The van der Waals surface area contributed by atoms with Crippen LogP contribution in [0.25, 0.3) is 33.3 Å². The van der Waals surface area contributed by atoms with E-state index in [9.17, 15) is 13.2 Å². The summed E-state index contributed by atoms with van der Waals surface area (Å²) in [7, 11) is 0. The van der Waals surface area contributed by atoms with E-state index in [0.717, 1.165) is 11.6 Å². The number of nitrogens with one attached hydrogen (secondary N) is 2. The second-order valence-electron chi connectivity index (χ2n) is 4.85. The van der Waals surface area contributed by atoms with Crippen LogP contribution in [0.2, 0.25) is 0 Å². The molecule has 2 aromatic heterocycles. The molecule has 0 saturated carbocycles. The molecule has 4 rings (SSSR count). The number of halogens is 3. The van der Waals surface area contributed by atoms with Gasteiger partial charge in [0.15, 0.2) is 0 Å². The summed E-state index contributed by atoms with van der Waals surface area (Å²) in [5.41, 5.74) is 0.885. The minimum atomic E-state index is -4.44. The molecule has 0 atom stereocenters.